The van der Waals surface area contributed by atoms with Gasteiger partial charge in [0, 0.05) is 6.54 Å². The summed E-state index contributed by atoms with van der Waals surface area (Å²) >= 11 is 5.53. The van der Waals surface area contributed by atoms with Crippen LogP contribution in [0.5, 0.6) is 0 Å². The molecule has 0 spiro atoms. The Hall–Kier alpha value is -0.720. The zero-order chi connectivity index (χ0) is 13.4. The van der Waals surface area contributed by atoms with Crippen LogP contribution >= 0.6 is 11.6 Å². The Morgan fingerprint density at radius 3 is 2.39 bits per heavy atom. The average Bonchev–Trinajstić information content (AvgIpc) is 3.08. The van der Waals surface area contributed by atoms with E-state index >= 15 is 0 Å². The molecule has 7 heteroatoms. The van der Waals surface area contributed by atoms with Gasteiger partial charge in [0.15, 0.2) is 0 Å². The normalized spacial score (nSPS) is 18.0. The van der Waals surface area contributed by atoms with Crippen LogP contribution in [0.25, 0.3) is 0 Å². The molecular formula is C11H16ClN3O2S. The van der Waals surface area contributed by atoms with Crippen molar-refractivity contribution in [1.29, 1.82) is 0 Å². The first-order chi connectivity index (χ1) is 8.36. The molecule has 1 aliphatic carbocycles. The van der Waals surface area contributed by atoms with Gasteiger partial charge in [-0.25, -0.2) is 23.1 Å². The summed E-state index contributed by atoms with van der Waals surface area (Å²) in [5, 5.41) is 0.0368. The number of sulfonamides is 1. The highest BCUT2D eigenvalue weighted by Crippen LogP contribution is 2.51. The van der Waals surface area contributed by atoms with Gasteiger partial charge in [-0.3, -0.25) is 0 Å². The van der Waals surface area contributed by atoms with Crippen molar-refractivity contribution in [2.75, 3.05) is 6.54 Å². The predicted octanol–water partition coefficient (Wildman–Crippen LogP) is 1.84. The highest BCUT2D eigenvalue weighted by Gasteiger charge is 2.45. The summed E-state index contributed by atoms with van der Waals surface area (Å²) in [6.45, 7) is 4.70. The van der Waals surface area contributed by atoms with Gasteiger partial charge in [-0.1, -0.05) is 13.8 Å². The van der Waals surface area contributed by atoms with Crippen molar-refractivity contribution in [3.8, 4) is 0 Å². The number of hydrogen-bond acceptors (Lipinski definition) is 4. The van der Waals surface area contributed by atoms with E-state index in [4.69, 9.17) is 11.6 Å². The summed E-state index contributed by atoms with van der Waals surface area (Å²) in [6, 6.07) is 0. The minimum atomic E-state index is -3.54. The Morgan fingerprint density at radius 2 is 1.94 bits per heavy atom. The van der Waals surface area contributed by atoms with E-state index in [1.54, 1.807) is 0 Å². The van der Waals surface area contributed by atoms with Crippen LogP contribution in [0.2, 0.25) is 5.28 Å². The number of rotatable bonds is 5. The second-order valence-corrected chi connectivity index (χ2v) is 7.13. The first-order valence-corrected chi connectivity index (χ1v) is 7.69. The lowest BCUT2D eigenvalue weighted by molar-refractivity contribution is 0.357. The molecule has 1 heterocycles. The van der Waals surface area contributed by atoms with Crippen LogP contribution in [-0.4, -0.2) is 24.9 Å². The van der Waals surface area contributed by atoms with Crippen LogP contribution in [0.1, 0.15) is 26.7 Å². The lowest BCUT2D eigenvalue weighted by Crippen LogP contribution is -2.32. The molecule has 0 saturated heterocycles. The van der Waals surface area contributed by atoms with E-state index < -0.39 is 10.0 Å². The second kappa shape index (κ2) is 4.75. The summed E-state index contributed by atoms with van der Waals surface area (Å²) in [5.41, 5.74) is 0.125. The molecule has 2 rings (SSSR count). The summed E-state index contributed by atoms with van der Waals surface area (Å²) in [7, 11) is -3.54. The molecule has 1 aliphatic rings. The maximum Gasteiger partial charge on any atom is 0.243 e. The lowest BCUT2D eigenvalue weighted by atomic mass is 9.93. The van der Waals surface area contributed by atoms with E-state index in [1.165, 1.54) is 12.4 Å². The summed E-state index contributed by atoms with van der Waals surface area (Å²) < 4.78 is 26.6. The van der Waals surface area contributed by atoms with Crippen molar-refractivity contribution >= 4 is 21.6 Å². The number of nitrogens with zero attached hydrogens (tertiary/aromatic N) is 2. The molecule has 0 bridgehead atoms. The average molecular weight is 290 g/mol. The van der Waals surface area contributed by atoms with Gasteiger partial charge in [0.2, 0.25) is 15.3 Å². The molecule has 0 aromatic carbocycles. The molecule has 1 saturated carbocycles. The van der Waals surface area contributed by atoms with Crippen molar-refractivity contribution in [1.82, 2.24) is 14.7 Å². The van der Waals surface area contributed by atoms with Crippen LogP contribution in [0.4, 0.5) is 0 Å². The molecule has 0 amide bonds. The number of nitrogens with one attached hydrogen (secondary N) is 1. The van der Waals surface area contributed by atoms with Crippen LogP contribution in [0.15, 0.2) is 17.3 Å². The monoisotopic (exact) mass is 289 g/mol. The van der Waals surface area contributed by atoms with Crippen LogP contribution in [0, 0.1) is 11.3 Å². The van der Waals surface area contributed by atoms with Crippen LogP contribution in [-0.2, 0) is 10.0 Å². The molecule has 0 unspecified atom stereocenters. The zero-order valence-electron chi connectivity index (χ0n) is 10.4. The Morgan fingerprint density at radius 1 is 1.39 bits per heavy atom. The summed E-state index contributed by atoms with van der Waals surface area (Å²) in [6.07, 6.45) is 4.58. The third kappa shape index (κ3) is 2.81. The first kappa shape index (κ1) is 13.7. The van der Waals surface area contributed by atoms with Crippen molar-refractivity contribution in [2.24, 2.45) is 11.3 Å². The topological polar surface area (TPSA) is 72.0 Å². The molecule has 18 heavy (non-hydrogen) atoms. The van der Waals surface area contributed by atoms with Gasteiger partial charge < -0.3 is 0 Å². The largest absolute Gasteiger partial charge is 0.243 e. The van der Waals surface area contributed by atoms with Gasteiger partial charge in [0.1, 0.15) is 4.90 Å². The molecule has 1 aromatic heterocycles. The van der Waals surface area contributed by atoms with E-state index in [0.29, 0.717) is 12.5 Å². The summed E-state index contributed by atoms with van der Waals surface area (Å²) in [5.74, 6) is 0.474. The molecule has 5 nitrogen and oxygen atoms in total. The highest BCUT2D eigenvalue weighted by molar-refractivity contribution is 7.89. The minimum Gasteiger partial charge on any atom is -0.225 e. The van der Waals surface area contributed by atoms with Crippen molar-refractivity contribution in [3.05, 3.63) is 17.7 Å². The second-order valence-electron chi connectivity index (χ2n) is 5.03. The van der Waals surface area contributed by atoms with Crippen molar-refractivity contribution in [3.63, 3.8) is 0 Å². The van der Waals surface area contributed by atoms with E-state index in [-0.39, 0.29) is 15.6 Å². The Labute approximate surface area is 112 Å². The maximum absolute atomic E-state index is 12.0. The van der Waals surface area contributed by atoms with Crippen molar-refractivity contribution < 1.29 is 8.42 Å². The minimum absolute atomic E-state index is 0.0368. The predicted molar refractivity (Wildman–Crippen MR) is 68.7 cm³/mol. The fraction of sp³-hybridized carbons (Fsp3) is 0.636. The van der Waals surface area contributed by atoms with Gasteiger partial charge in [0.05, 0.1) is 12.4 Å². The Balaban J connectivity index is 2.06. The van der Waals surface area contributed by atoms with Crippen LogP contribution in [0.3, 0.4) is 0 Å². The molecule has 1 fully saturated rings. The SMILES string of the molecule is CC(C)C1(CNS(=O)(=O)c2cnc(Cl)nc2)CC1. The highest BCUT2D eigenvalue weighted by atomic mass is 35.5. The number of hydrogen-bond donors (Lipinski definition) is 1. The fourth-order valence-corrected chi connectivity index (χ4v) is 3.00. The molecule has 0 atom stereocenters. The standard InChI is InChI=1S/C11H16ClN3O2S/c1-8(2)11(3-4-11)7-15-18(16,17)9-5-13-10(12)14-6-9/h5-6,8,15H,3-4,7H2,1-2H3. The Bertz CT molecular complexity index is 524. The Kier molecular flexibility index (Phi) is 3.62. The molecule has 100 valence electrons. The van der Waals surface area contributed by atoms with Gasteiger partial charge in [-0.15, -0.1) is 0 Å². The fourth-order valence-electron chi connectivity index (χ4n) is 1.88. The van der Waals surface area contributed by atoms with Gasteiger partial charge in [0.25, 0.3) is 0 Å². The van der Waals surface area contributed by atoms with E-state index in [2.05, 4.69) is 28.5 Å². The zero-order valence-corrected chi connectivity index (χ0v) is 11.9. The molecule has 1 N–H and O–H groups in total. The smallest absolute Gasteiger partial charge is 0.225 e. The molecule has 0 radical (unpaired) electrons. The van der Waals surface area contributed by atoms with Gasteiger partial charge in [-0.05, 0) is 35.8 Å². The van der Waals surface area contributed by atoms with Gasteiger partial charge >= 0.3 is 0 Å². The number of aromatic nitrogens is 2. The quantitative estimate of drug-likeness (QED) is 0.840. The summed E-state index contributed by atoms with van der Waals surface area (Å²) in [4.78, 5) is 7.40. The third-order valence-corrected chi connectivity index (χ3v) is 5.19. The first-order valence-electron chi connectivity index (χ1n) is 5.83. The molecule has 0 aliphatic heterocycles. The van der Waals surface area contributed by atoms with Crippen LogP contribution < -0.4 is 4.72 Å². The van der Waals surface area contributed by atoms with E-state index in [9.17, 15) is 8.42 Å². The van der Waals surface area contributed by atoms with E-state index in [0.717, 1.165) is 12.8 Å². The number of halogens is 1. The molecule has 1 aromatic rings. The van der Waals surface area contributed by atoms with Gasteiger partial charge in [-0.2, -0.15) is 0 Å². The molecular weight excluding hydrogens is 274 g/mol. The lowest BCUT2D eigenvalue weighted by Gasteiger charge is -2.19. The third-order valence-electron chi connectivity index (χ3n) is 3.64. The van der Waals surface area contributed by atoms with E-state index in [1.807, 2.05) is 0 Å². The van der Waals surface area contributed by atoms with Crippen molar-refractivity contribution in [2.45, 2.75) is 31.6 Å². The maximum atomic E-state index is 12.0.